The Labute approximate surface area is 105 Å². The number of nitrogens with zero attached hydrogens (tertiary/aromatic N) is 1. The number of amides is 2. The van der Waals surface area contributed by atoms with Gasteiger partial charge in [0.2, 0.25) is 0 Å². The third-order valence-electron chi connectivity index (χ3n) is 2.30. The van der Waals surface area contributed by atoms with Gasteiger partial charge in [0.05, 0.1) is 12.7 Å². The van der Waals surface area contributed by atoms with Crippen molar-refractivity contribution >= 4 is 12.0 Å². The number of carbonyl (C=O) groups excluding carboxylic acids is 1. The summed E-state index contributed by atoms with van der Waals surface area (Å²) in [5, 5.41) is 17.4. The fourth-order valence-corrected chi connectivity index (χ4v) is 1.33. The van der Waals surface area contributed by atoms with E-state index in [0.717, 1.165) is 0 Å². The summed E-state index contributed by atoms with van der Waals surface area (Å²) in [5.41, 5.74) is -0.574. The van der Waals surface area contributed by atoms with Crippen molar-refractivity contribution in [3.05, 3.63) is 18.0 Å². The van der Waals surface area contributed by atoms with Crippen LogP contribution in [0.25, 0.3) is 0 Å². The van der Waals surface area contributed by atoms with Crippen molar-refractivity contribution in [3.8, 4) is 0 Å². The number of aliphatic carboxylic acids is 1. The molecule has 2 amide bonds. The Bertz CT molecular complexity index is 408. The Hall–Kier alpha value is -2.05. The van der Waals surface area contributed by atoms with Crippen molar-refractivity contribution in [1.82, 2.24) is 15.8 Å². The van der Waals surface area contributed by atoms with E-state index in [0.29, 0.717) is 5.76 Å². The lowest BCUT2D eigenvalue weighted by molar-refractivity contribution is -0.141. The number of carbonyl (C=O) groups is 2. The van der Waals surface area contributed by atoms with Crippen LogP contribution in [0, 0.1) is 5.41 Å². The highest BCUT2D eigenvalue weighted by atomic mass is 16.5. The number of aromatic nitrogens is 1. The molecule has 1 rings (SSSR count). The molecule has 3 N–H and O–H groups in total. The number of hydrogen-bond donors (Lipinski definition) is 3. The Morgan fingerprint density at radius 1 is 1.50 bits per heavy atom. The van der Waals surface area contributed by atoms with Crippen molar-refractivity contribution in [2.75, 3.05) is 0 Å². The topological polar surface area (TPSA) is 104 Å². The van der Waals surface area contributed by atoms with Crippen LogP contribution in [0.3, 0.4) is 0 Å². The van der Waals surface area contributed by atoms with Crippen LogP contribution in [-0.2, 0) is 11.3 Å². The van der Waals surface area contributed by atoms with Crippen molar-refractivity contribution < 1.29 is 19.2 Å². The molecule has 0 saturated heterocycles. The molecule has 0 spiro atoms. The second kappa shape index (κ2) is 5.52. The third-order valence-corrected chi connectivity index (χ3v) is 2.30. The highest BCUT2D eigenvalue weighted by molar-refractivity contribution is 5.83. The molecule has 7 nitrogen and oxygen atoms in total. The number of carboxylic acids is 1. The quantitative estimate of drug-likeness (QED) is 0.743. The van der Waals surface area contributed by atoms with Crippen molar-refractivity contribution in [2.24, 2.45) is 5.41 Å². The molecule has 0 unspecified atom stereocenters. The summed E-state index contributed by atoms with van der Waals surface area (Å²) in [7, 11) is 0. The fraction of sp³-hybridized carbons (Fsp3) is 0.545. The standard InChI is InChI=1S/C11H17N3O4/c1-11(2,3)8(9(15)16)14-10(17)12-6-7-4-5-13-18-7/h4-5,8H,6H2,1-3H3,(H,15,16)(H2,12,14,17)/t8-/m1/s1. The molecule has 0 fully saturated rings. The molecule has 18 heavy (non-hydrogen) atoms. The van der Waals surface area contributed by atoms with Crippen LogP contribution in [-0.4, -0.2) is 28.3 Å². The molecular formula is C11H17N3O4. The van der Waals surface area contributed by atoms with E-state index in [9.17, 15) is 9.59 Å². The van der Waals surface area contributed by atoms with Crippen molar-refractivity contribution in [2.45, 2.75) is 33.4 Å². The van der Waals surface area contributed by atoms with E-state index in [4.69, 9.17) is 9.63 Å². The first-order valence-corrected chi connectivity index (χ1v) is 5.47. The Balaban J connectivity index is 2.49. The molecule has 0 bridgehead atoms. The van der Waals surface area contributed by atoms with Crippen LogP contribution in [0.4, 0.5) is 4.79 Å². The van der Waals surface area contributed by atoms with Crippen LogP contribution in [0.5, 0.6) is 0 Å². The van der Waals surface area contributed by atoms with Crippen LogP contribution < -0.4 is 10.6 Å². The van der Waals surface area contributed by atoms with E-state index in [2.05, 4.69) is 15.8 Å². The lowest BCUT2D eigenvalue weighted by atomic mass is 9.87. The Morgan fingerprint density at radius 3 is 2.61 bits per heavy atom. The molecule has 1 aromatic heterocycles. The highest BCUT2D eigenvalue weighted by Gasteiger charge is 2.32. The van der Waals surface area contributed by atoms with E-state index >= 15 is 0 Å². The lowest BCUT2D eigenvalue weighted by Crippen LogP contribution is -2.52. The zero-order chi connectivity index (χ0) is 13.8. The molecule has 1 aromatic rings. The molecule has 1 heterocycles. The summed E-state index contributed by atoms with van der Waals surface area (Å²) in [6.07, 6.45) is 1.46. The van der Waals surface area contributed by atoms with Gasteiger partial charge < -0.3 is 20.3 Å². The second-order valence-corrected chi connectivity index (χ2v) is 4.94. The first kappa shape index (κ1) is 14.0. The first-order valence-electron chi connectivity index (χ1n) is 5.47. The smallest absolute Gasteiger partial charge is 0.326 e. The maximum Gasteiger partial charge on any atom is 0.326 e. The third kappa shape index (κ3) is 4.08. The van der Waals surface area contributed by atoms with Gasteiger partial charge in [-0.1, -0.05) is 25.9 Å². The average molecular weight is 255 g/mol. The van der Waals surface area contributed by atoms with Crippen LogP contribution in [0.2, 0.25) is 0 Å². The Morgan fingerprint density at radius 2 is 2.17 bits per heavy atom. The van der Waals surface area contributed by atoms with Crippen LogP contribution in [0.15, 0.2) is 16.8 Å². The average Bonchev–Trinajstić information content (AvgIpc) is 2.73. The van der Waals surface area contributed by atoms with E-state index in [1.807, 2.05) is 0 Å². The molecule has 7 heteroatoms. The molecule has 0 aromatic carbocycles. The summed E-state index contributed by atoms with van der Waals surface area (Å²) < 4.78 is 4.79. The largest absolute Gasteiger partial charge is 0.480 e. The number of carboxylic acid groups (broad SMARTS) is 1. The second-order valence-electron chi connectivity index (χ2n) is 4.94. The summed E-state index contributed by atoms with van der Waals surface area (Å²) in [4.78, 5) is 22.6. The van der Waals surface area contributed by atoms with E-state index in [-0.39, 0.29) is 6.54 Å². The zero-order valence-corrected chi connectivity index (χ0v) is 10.6. The highest BCUT2D eigenvalue weighted by Crippen LogP contribution is 2.19. The summed E-state index contributed by atoms with van der Waals surface area (Å²) >= 11 is 0. The van der Waals surface area contributed by atoms with E-state index < -0.39 is 23.5 Å². The Kier molecular flexibility index (Phi) is 4.30. The van der Waals surface area contributed by atoms with Crippen LogP contribution >= 0.6 is 0 Å². The minimum absolute atomic E-state index is 0.155. The van der Waals surface area contributed by atoms with Gasteiger partial charge in [-0.3, -0.25) is 0 Å². The summed E-state index contributed by atoms with van der Waals surface area (Å²) in [6, 6.07) is 0.0829. The predicted molar refractivity (Wildman–Crippen MR) is 62.8 cm³/mol. The molecule has 0 radical (unpaired) electrons. The van der Waals surface area contributed by atoms with E-state index in [1.54, 1.807) is 26.8 Å². The van der Waals surface area contributed by atoms with Gasteiger partial charge in [-0.25, -0.2) is 9.59 Å². The normalized spacial score (nSPS) is 12.8. The van der Waals surface area contributed by atoms with Gasteiger partial charge >= 0.3 is 12.0 Å². The number of rotatable bonds is 4. The SMILES string of the molecule is CC(C)(C)[C@H](NC(=O)NCc1ccno1)C(=O)O. The maximum atomic E-state index is 11.6. The number of nitrogens with one attached hydrogen (secondary N) is 2. The van der Waals surface area contributed by atoms with Gasteiger partial charge in [0, 0.05) is 6.07 Å². The minimum atomic E-state index is -1.07. The van der Waals surface area contributed by atoms with Gasteiger partial charge in [-0.2, -0.15) is 0 Å². The molecule has 0 aliphatic rings. The monoisotopic (exact) mass is 255 g/mol. The summed E-state index contributed by atoms with van der Waals surface area (Å²) in [6.45, 7) is 5.37. The molecule has 100 valence electrons. The van der Waals surface area contributed by atoms with Gasteiger partial charge in [0.15, 0.2) is 5.76 Å². The zero-order valence-electron chi connectivity index (χ0n) is 10.6. The molecule has 0 aliphatic carbocycles. The molecule has 0 aliphatic heterocycles. The van der Waals surface area contributed by atoms with Crippen LogP contribution in [0.1, 0.15) is 26.5 Å². The number of urea groups is 1. The van der Waals surface area contributed by atoms with Gasteiger partial charge in [-0.15, -0.1) is 0 Å². The number of hydrogen-bond acceptors (Lipinski definition) is 4. The summed E-state index contributed by atoms with van der Waals surface area (Å²) in [5.74, 6) is -0.579. The van der Waals surface area contributed by atoms with Gasteiger partial charge in [-0.05, 0) is 5.41 Å². The molecular weight excluding hydrogens is 238 g/mol. The fourth-order valence-electron chi connectivity index (χ4n) is 1.33. The lowest BCUT2D eigenvalue weighted by Gasteiger charge is -2.27. The van der Waals surface area contributed by atoms with Gasteiger partial charge in [0.25, 0.3) is 0 Å². The predicted octanol–water partition coefficient (Wildman–Crippen LogP) is 0.973. The maximum absolute atomic E-state index is 11.6. The minimum Gasteiger partial charge on any atom is -0.480 e. The van der Waals surface area contributed by atoms with Gasteiger partial charge in [0.1, 0.15) is 6.04 Å². The first-order chi connectivity index (χ1) is 8.30. The van der Waals surface area contributed by atoms with Crippen molar-refractivity contribution in [3.63, 3.8) is 0 Å². The molecule has 1 atom stereocenters. The molecule has 0 saturated carbocycles. The van der Waals surface area contributed by atoms with E-state index in [1.165, 1.54) is 6.20 Å². The van der Waals surface area contributed by atoms with Crippen molar-refractivity contribution in [1.29, 1.82) is 0 Å².